The fourth-order valence-corrected chi connectivity index (χ4v) is 4.87. The maximum atomic E-state index is 13.1. The first-order valence-corrected chi connectivity index (χ1v) is 11.5. The van der Waals surface area contributed by atoms with Crippen molar-refractivity contribution < 1.29 is 4.79 Å². The molecule has 1 fully saturated rings. The van der Waals surface area contributed by atoms with Gasteiger partial charge in [0.1, 0.15) is 0 Å². The number of carbonyl (C=O) groups is 1. The molecule has 1 saturated heterocycles. The molecule has 1 amide bonds. The molecular formula is C28H26N4O. The number of fused-ring (bicyclic) bond motifs is 2. The molecule has 0 bridgehead atoms. The largest absolute Gasteiger partial charge is 0.361 e. The van der Waals surface area contributed by atoms with Crippen molar-refractivity contribution in [1.82, 2.24) is 19.8 Å². The lowest BCUT2D eigenvalue weighted by Gasteiger charge is -2.32. The van der Waals surface area contributed by atoms with Crippen molar-refractivity contribution in [3.63, 3.8) is 0 Å². The summed E-state index contributed by atoms with van der Waals surface area (Å²) in [6.07, 6.45) is 7.02. The molecule has 0 saturated carbocycles. The van der Waals surface area contributed by atoms with E-state index >= 15 is 0 Å². The minimum Gasteiger partial charge on any atom is -0.361 e. The highest BCUT2D eigenvalue weighted by Gasteiger charge is 2.22. The minimum absolute atomic E-state index is 0.111. The SMILES string of the molecule is CN1CCN(C(=O)c2cccc(-c3cnc4c(c3)C(c3ccc5[nH]ccc5c3)=CC4)c2)CC1. The van der Waals surface area contributed by atoms with E-state index in [2.05, 4.69) is 59.4 Å². The molecule has 5 heteroatoms. The van der Waals surface area contributed by atoms with Crippen molar-refractivity contribution in [3.05, 3.63) is 95.5 Å². The summed E-state index contributed by atoms with van der Waals surface area (Å²) in [5.74, 6) is 0.111. The normalized spacial score (nSPS) is 16.2. The molecule has 0 atom stereocenters. The van der Waals surface area contributed by atoms with E-state index in [0.717, 1.165) is 60.5 Å². The van der Waals surface area contributed by atoms with Crippen LogP contribution in [-0.2, 0) is 6.42 Å². The number of hydrogen-bond acceptors (Lipinski definition) is 3. The molecule has 2 aliphatic rings. The van der Waals surface area contributed by atoms with Crippen LogP contribution in [0.1, 0.15) is 27.2 Å². The summed E-state index contributed by atoms with van der Waals surface area (Å²) in [4.78, 5) is 25.3. The van der Waals surface area contributed by atoms with Gasteiger partial charge in [-0.1, -0.05) is 24.3 Å². The Labute approximate surface area is 193 Å². The topological polar surface area (TPSA) is 52.2 Å². The molecule has 0 radical (unpaired) electrons. The van der Waals surface area contributed by atoms with E-state index in [9.17, 15) is 4.79 Å². The van der Waals surface area contributed by atoms with Gasteiger partial charge in [0.15, 0.2) is 0 Å². The summed E-state index contributed by atoms with van der Waals surface area (Å²) in [6.45, 7) is 3.40. The Bertz CT molecular complexity index is 1390. The number of aromatic nitrogens is 2. The molecule has 6 rings (SSSR count). The predicted octanol–water partition coefficient (Wildman–Crippen LogP) is 4.61. The number of amides is 1. The smallest absolute Gasteiger partial charge is 0.253 e. The fourth-order valence-electron chi connectivity index (χ4n) is 4.87. The Hall–Kier alpha value is -3.70. The first kappa shape index (κ1) is 19.9. The second-order valence-electron chi connectivity index (χ2n) is 9.00. The summed E-state index contributed by atoms with van der Waals surface area (Å²) in [6, 6.07) is 18.8. The lowest BCUT2D eigenvalue weighted by Crippen LogP contribution is -2.47. The van der Waals surface area contributed by atoms with Gasteiger partial charge in [0, 0.05) is 67.2 Å². The maximum absolute atomic E-state index is 13.1. The first-order chi connectivity index (χ1) is 16.2. The van der Waals surface area contributed by atoms with E-state index in [4.69, 9.17) is 4.98 Å². The molecule has 1 aliphatic heterocycles. The maximum Gasteiger partial charge on any atom is 0.253 e. The number of rotatable bonds is 3. The van der Waals surface area contributed by atoms with Gasteiger partial charge >= 0.3 is 0 Å². The summed E-state index contributed by atoms with van der Waals surface area (Å²) in [5, 5.41) is 1.21. The monoisotopic (exact) mass is 434 g/mol. The number of likely N-dealkylation sites (N-methyl/N-ethyl adjacent to an activating group) is 1. The van der Waals surface area contributed by atoms with Crippen LogP contribution in [0.15, 0.2) is 73.1 Å². The number of H-pyrrole nitrogens is 1. The fraction of sp³-hybridized carbons (Fsp3) is 0.214. The number of aromatic amines is 1. The molecule has 5 nitrogen and oxygen atoms in total. The van der Waals surface area contributed by atoms with E-state index in [0.29, 0.717) is 0 Å². The molecule has 0 spiro atoms. The van der Waals surface area contributed by atoms with E-state index in [1.165, 1.54) is 22.1 Å². The predicted molar refractivity (Wildman–Crippen MR) is 132 cm³/mol. The Morgan fingerprint density at radius 2 is 1.82 bits per heavy atom. The molecule has 1 N–H and O–H groups in total. The Balaban J connectivity index is 1.31. The quantitative estimate of drug-likeness (QED) is 0.513. The lowest BCUT2D eigenvalue weighted by atomic mass is 9.96. The Morgan fingerprint density at radius 1 is 0.939 bits per heavy atom. The molecular weight excluding hydrogens is 408 g/mol. The summed E-state index contributed by atoms with van der Waals surface area (Å²) >= 11 is 0. The number of piperazine rings is 1. The third-order valence-corrected chi connectivity index (χ3v) is 6.86. The minimum atomic E-state index is 0.111. The average molecular weight is 435 g/mol. The van der Waals surface area contributed by atoms with Gasteiger partial charge in [-0.05, 0) is 65.5 Å². The second-order valence-corrected chi connectivity index (χ2v) is 9.00. The van der Waals surface area contributed by atoms with Gasteiger partial charge < -0.3 is 14.8 Å². The van der Waals surface area contributed by atoms with Crippen LogP contribution >= 0.6 is 0 Å². The molecule has 4 aromatic rings. The highest BCUT2D eigenvalue weighted by Crippen LogP contribution is 2.35. The lowest BCUT2D eigenvalue weighted by molar-refractivity contribution is 0.0664. The van der Waals surface area contributed by atoms with Crippen LogP contribution in [0.4, 0.5) is 0 Å². The van der Waals surface area contributed by atoms with Gasteiger partial charge in [0.2, 0.25) is 0 Å². The van der Waals surface area contributed by atoms with Crippen LogP contribution in [0.2, 0.25) is 0 Å². The molecule has 0 unspecified atom stereocenters. The number of nitrogens with one attached hydrogen (secondary N) is 1. The van der Waals surface area contributed by atoms with E-state index in [1.807, 2.05) is 35.5 Å². The van der Waals surface area contributed by atoms with Gasteiger partial charge in [0.25, 0.3) is 5.91 Å². The zero-order valence-electron chi connectivity index (χ0n) is 18.7. The number of benzene rings is 2. The van der Waals surface area contributed by atoms with Crippen molar-refractivity contribution in [2.45, 2.75) is 6.42 Å². The van der Waals surface area contributed by atoms with Crippen molar-refractivity contribution in [3.8, 4) is 11.1 Å². The van der Waals surface area contributed by atoms with Crippen molar-refractivity contribution in [2.75, 3.05) is 33.2 Å². The van der Waals surface area contributed by atoms with Crippen molar-refractivity contribution >= 4 is 22.4 Å². The molecule has 164 valence electrons. The van der Waals surface area contributed by atoms with Crippen molar-refractivity contribution in [2.24, 2.45) is 0 Å². The van der Waals surface area contributed by atoms with E-state index < -0.39 is 0 Å². The van der Waals surface area contributed by atoms with Gasteiger partial charge in [-0.25, -0.2) is 0 Å². The molecule has 3 heterocycles. The number of carbonyl (C=O) groups excluding carboxylic acids is 1. The number of hydrogen-bond donors (Lipinski definition) is 1. The molecule has 33 heavy (non-hydrogen) atoms. The highest BCUT2D eigenvalue weighted by atomic mass is 16.2. The van der Waals surface area contributed by atoms with Crippen LogP contribution in [0.25, 0.3) is 27.6 Å². The van der Waals surface area contributed by atoms with Crippen molar-refractivity contribution in [1.29, 1.82) is 0 Å². The Kier molecular flexibility index (Phi) is 4.84. The highest BCUT2D eigenvalue weighted by molar-refractivity contribution is 5.96. The van der Waals surface area contributed by atoms with Gasteiger partial charge in [-0.3, -0.25) is 9.78 Å². The third-order valence-electron chi connectivity index (χ3n) is 6.86. The van der Waals surface area contributed by atoms with Gasteiger partial charge in [-0.15, -0.1) is 0 Å². The number of nitrogens with zero attached hydrogens (tertiary/aromatic N) is 3. The van der Waals surface area contributed by atoms with Gasteiger partial charge in [0.05, 0.1) is 5.69 Å². The summed E-state index contributed by atoms with van der Waals surface area (Å²) in [7, 11) is 2.10. The molecule has 2 aromatic carbocycles. The van der Waals surface area contributed by atoms with Gasteiger partial charge in [-0.2, -0.15) is 0 Å². The van der Waals surface area contributed by atoms with E-state index in [1.54, 1.807) is 0 Å². The third kappa shape index (κ3) is 3.64. The standard InChI is InChI=1S/C28H26N4O/c1-31-11-13-32(14-12-31)28(33)22-4-2-3-19(15-22)23-17-25-24(6-8-27(25)30-18-23)20-5-7-26-21(16-20)9-10-29-26/h2-7,9-10,15-18,29H,8,11-14H2,1H3. The summed E-state index contributed by atoms with van der Waals surface area (Å²) in [5.41, 5.74) is 8.67. The van der Waals surface area contributed by atoms with Crippen LogP contribution in [0, 0.1) is 0 Å². The average Bonchev–Trinajstić information content (AvgIpc) is 3.50. The number of allylic oxidation sites excluding steroid dienone is 1. The molecule has 1 aliphatic carbocycles. The number of pyridine rings is 1. The second kappa shape index (κ2) is 8.01. The van der Waals surface area contributed by atoms with Crippen LogP contribution in [0.5, 0.6) is 0 Å². The first-order valence-electron chi connectivity index (χ1n) is 11.5. The van der Waals surface area contributed by atoms with E-state index in [-0.39, 0.29) is 5.91 Å². The van der Waals surface area contributed by atoms with Crippen LogP contribution in [0.3, 0.4) is 0 Å². The Morgan fingerprint density at radius 3 is 2.70 bits per heavy atom. The zero-order chi connectivity index (χ0) is 22.4. The van der Waals surface area contributed by atoms with Crippen LogP contribution in [-0.4, -0.2) is 58.9 Å². The molecule has 2 aromatic heterocycles. The van der Waals surface area contributed by atoms with Crippen LogP contribution < -0.4 is 0 Å². The zero-order valence-corrected chi connectivity index (χ0v) is 18.7. The summed E-state index contributed by atoms with van der Waals surface area (Å²) < 4.78 is 0.